The van der Waals surface area contributed by atoms with Gasteiger partial charge in [-0.1, -0.05) is 20.8 Å². The predicted octanol–water partition coefficient (Wildman–Crippen LogP) is 1.49. The van der Waals surface area contributed by atoms with Crippen LogP contribution in [0.3, 0.4) is 0 Å². The van der Waals surface area contributed by atoms with E-state index >= 15 is 0 Å². The molecule has 0 amide bonds. The normalized spacial score (nSPS) is 10.9. The van der Waals surface area contributed by atoms with Gasteiger partial charge in [0.1, 0.15) is 6.42 Å². The molecule has 0 aromatic carbocycles. The number of likely N-dealkylation sites (N-methyl/N-ethyl adjacent to an activating group) is 1. The van der Waals surface area contributed by atoms with Gasteiger partial charge in [-0.25, -0.2) is 0 Å². The average molecular weight is 229 g/mol. The Hall–Kier alpha value is -0.900. The maximum Gasteiger partial charge on any atom is 0.313 e. The molecule has 0 aliphatic heterocycles. The maximum atomic E-state index is 11.5. The van der Waals surface area contributed by atoms with E-state index in [1.54, 1.807) is 6.92 Å². The second kappa shape index (κ2) is 8.28. The molecule has 0 atom stereocenters. The quantitative estimate of drug-likeness (QED) is 0.467. The number of hydrogen-bond acceptors (Lipinski definition) is 4. The van der Waals surface area contributed by atoms with Crippen LogP contribution >= 0.6 is 0 Å². The summed E-state index contributed by atoms with van der Waals surface area (Å²) in [6.45, 7) is 10.3. The lowest BCUT2D eigenvalue weighted by atomic mass is 10.2. The van der Waals surface area contributed by atoms with Crippen LogP contribution in [0.5, 0.6) is 0 Å². The molecule has 0 aromatic rings. The highest BCUT2D eigenvalue weighted by molar-refractivity contribution is 5.96. The summed E-state index contributed by atoms with van der Waals surface area (Å²) in [6.07, 6.45) is -0.109. The molecule has 0 radical (unpaired) electrons. The first-order valence-electron chi connectivity index (χ1n) is 5.89. The minimum absolute atomic E-state index is 0.0686. The molecule has 4 heteroatoms. The first-order chi connectivity index (χ1) is 7.49. The van der Waals surface area contributed by atoms with Gasteiger partial charge in [0.05, 0.1) is 13.2 Å². The molecule has 0 heterocycles. The molecular formula is C12H23NO3. The van der Waals surface area contributed by atoms with Gasteiger partial charge in [-0.2, -0.15) is 0 Å². The third kappa shape index (κ3) is 7.40. The van der Waals surface area contributed by atoms with Gasteiger partial charge in [0.15, 0.2) is 5.78 Å². The van der Waals surface area contributed by atoms with Crippen LogP contribution in [0.4, 0.5) is 0 Å². The largest absolute Gasteiger partial charge is 0.466 e. The first-order valence-corrected chi connectivity index (χ1v) is 5.89. The number of carbonyl (C=O) groups excluding carboxylic acids is 2. The highest BCUT2D eigenvalue weighted by Gasteiger charge is 2.14. The zero-order chi connectivity index (χ0) is 12.6. The van der Waals surface area contributed by atoms with E-state index in [9.17, 15) is 9.59 Å². The highest BCUT2D eigenvalue weighted by atomic mass is 16.5. The lowest BCUT2D eigenvalue weighted by molar-refractivity contribution is -0.145. The number of rotatable bonds is 8. The summed E-state index contributed by atoms with van der Waals surface area (Å²) in [7, 11) is 0. The zero-order valence-electron chi connectivity index (χ0n) is 10.8. The van der Waals surface area contributed by atoms with E-state index in [2.05, 4.69) is 13.8 Å². The summed E-state index contributed by atoms with van der Waals surface area (Å²) >= 11 is 0. The molecule has 0 aromatic heterocycles. The third-order valence-corrected chi connectivity index (χ3v) is 2.12. The Morgan fingerprint density at radius 3 is 2.31 bits per heavy atom. The van der Waals surface area contributed by atoms with Gasteiger partial charge in [0, 0.05) is 6.54 Å². The number of ether oxygens (including phenoxy) is 1. The topological polar surface area (TPSA) is 46.6 Å². The fourth-order valence-corrected chi connectivity index (χ4v) is 1.50. The van der Waals surface area contributed by atoms with E-state index in [-0.39, 0.29) is 12.2 Å². The van der Waals surface area contributed by atoms with Gasteiger partial charge in [0.2, 0.25) is 0 Å². The van der Waals surface area contributed by atoms with E-state index in [0.29, 0.717) is 19.1 Å². The number of hydrogen-bond donors (Lipinski definition) is 0. The molecule has 0 aliphatic carbocycles. The molecule has 0 saturated heterocycles. The summed E-state index contributed by atoms with van der Waals surface area (Å²) in [5, 5.41) is 0. The van der Waals surface area contributed by atoms with Crippen molar-refractivity contribution in [2.24, 2.45) is 5.92 Å². The Kier molecular flexibility index (Phi) is 7.81. The van der Waals surface area contributed by atoms with E-state index < -0.39 is 5.97 Å². The van der Waals surface area contributed by atoms with Gasteiger partial charge in [-0.15, -0.1) is 0 Å². The third-order valence-electron chi connectivity index (χ3n) is 2.12. The van der Waals surface area contributed by atoms with Crippen LogP contribution < -0.4 is 0 Å². The molecule has 0 aliphatic rings. The van der Waals surface area contributed by atoms with Crippen LogP contribution in [0.2, 0.25) is 0 Å². The van der Waals surface area contributed by atoms with Crippen LogP contribution in [-0.4, -0.2) is 42.9 Å². The summed E-state index contributed by atoms with van der Waals surface area (Å²) in [6, 6.07) is 0. The minimum atomic E-state index is -0.423. The first kappa shape index (κ1) is 15.1. The van der Waals surface area contributed by atoms with Crippen molar-refractivity contribution in [2.75, 3.05) is 26.2 Å². The Bertz CT molecular complexity index is 226. The molecule has 0 spiro atoms. The molecule has 4 nitrogen and oxygen atoms in total. The smallest absolute Gasteiger partial charge is 0.313 e. The minimum Gasteiger partial charge on any atom is -0.466 e. The van der Waals surface area contributed by atoms with Gasteiger partial charge >= 0.3 is 5.97 Å². The van der Waals surface area contributed by atoms with Gasteiger partial charge < -0.3 is 4.74 Å². The Balaban J connectivity index is 3.95. The standard InChI is InChI=1S/C12H23NO3/c1-5-13(8-10(3)4)9-11(14)7-12(15)16-6-2/h10H,5-9H2,1-4H3. The molecule has 0 bridgehead atoms. The van der Waals surface area contributed by atoms with Gasteiger partial charge in [0.25, 0.3) is 0 Å². The highest BCUT2D eigenvalue weighted by Crippen LogP contribution is 2.00. The molecule has 94 valence electrons. The second-order valence-electron chi connectivity index (χ2n) is 4.24. The Morgan fingerprint density at radius 1 is 1.25 bits per heavy atom. The molecule has 0 saturated carbocycles. The average Bonchev–Trinajstić information content (AvgIpc) is 2.15. The van der Waals surface area contributed by atoms with Crippen molar-refractivity contribution in [1.82, 2.24) is 4.90 Å². The summed E-state index contributed by atoms with van der Waals surface area (Å²) in [5.74, 6) is 0.0318. The van der Waals surface area contributed by atoms with Crippen molar-refractivity contribution in [2.45, 2.75) is 34.1 Å². The number of Topliss-reactive ketones (excluding diaryl/α,β-unsaturated/α-hetero) is 1. The van der Waals surface area contributed by atoms with E-state index in [1.165, 1.54) is 0 Å². The summed E-state index contributed by atoms with van der Waals surface area (Å²) < 4.78 is 4.73. The van der Waals surface area contributed by atoms with Crippen LogP contribution in [-0.2, 0) is 14.3 Å². The zero-order valence-corrected chi connectivity index (χ0v) is 10.8. The van der Waals surface area contributed by atoms with Gasteiger partial charge in [-0.3, -0.25) is 14.5 Å². The van der Waals surface area contributed by atoms with Crippen LogP contribution in [0.1, 0.15) is 34.1 Å². The molecule has 0 unspecified atom stereocenters. The second-order valence-corrected chi connectivity index (χ2v) is 4.24. The predicted molar refractivity (Wildman–Crippen MR) is 63.2 cm³/mol. The van der Waals surface area contributed by atoms with Crippen LogP contribution in [0, 0.1) is 5.92 Å². The van der Waals surface area contributed by atoms with Crippen LogP contribution in [0.15, 0.2) is 0 Å². The van der Waals surface area contributed by atoms with Gasteiger partial charge in [-0.05, 0) is 19.4 Å². The van der Waals surface area contributed by atoms with Crippen molar-refractivity contribution >= 4 is 11.8 Å². The molecule has 0 fully saturated rings. The van der Waals surface area contributed by atoms with Crippen molar-refractivity contribution in [1.29, 1.82) is 0 Å². The monoisotopic (exact) mass is 229 g/mol. The number of nitrogens with zero attached hydrogens (tertiary/aromatic N) is 1. The number of ketones is 1. The Labute approximate surface area is 98.0 Å². The van der Waals surface area contributed by atoms with E-state index in [4.69, 9.17) is 4.74 Å². The summed E-state index contributed by atoms with van der Waals surface area (Å²) in [5.41, 5.74) is 0. The van der Waals surface area contributed by atoms with Crippen molar-refractivity contribution in [3.05, 3.63) is 0 Å². The maximum absolute atomic E-state index is 11.5. The lowest BCUT2D eigenvalue weighted by Gasteiger charge is -2.21. The molecule has 16 heavy (non-hydrogen) atoms. The van der Waals surface area contributed by atoms with E-state index in [0.717, 1.165) is 13.1 Å². The lowest BCUT2D eigenvalue weighted by Crippen LogP contribution is -2.33. The number of carbonyl (C=O) groups is 2. The molecule has 0 N–H and O–H groups in total. The number of esters is 1. The molecule has 0 rings (SSSR count). The van der Waals surface area contributed by atoms with E-state index in [1.807, 2.05) is 11.8 Å². The summed E-state index contributed by atoms with van der Waals surface area (Å²) in [4.78, 5) is 24.7. The fraction of sp³-hybridized carbons (Fsp3) is 0.833. The Morgan fingerprint density at radius 2 is 1.88 bits per heavy atom. The van der Waals surface area contributed by atoms with Crippen molar-refractivity contribution in [3.8, 4) is 0 Å². The fourth-order valence-electron chi connectivity index (χ4n) is 1.50. The van der Waals surface area contributed by atoms with Crippen molar-refractivity contribution in [3.63, 3.8) is 0 Å². The van der Waals surface area contributed by atoms with Crippen molar-refractivity contribution < 1.29 is 14.3 Å². The SMILES string of the molecule is CCOC(=O)CC(=O)CN(CC)CC(C)C. The van der Waals surface area contributed by atoms with Crippen LogP contribution in [0.25, 0.3) is 0 Å². The molecular weight excluding hydrogens is 206 g/mol.